The summed E-state index contributed by atoms with van der Waals surface area (Å²) in [7, 11) is 0. The van der Waals surface area contributed by atoms with Gasteiger partial charge in [0.2, 0.25) is 11.8 Å². The molecule has 0 aromatic rings. The average Bonchev–Trinajstić information content (AvgIpc) is 2.50. The summed E-state index contributed by atoms with van der Waals surface area (Å²) < 4.78 is 11.5. The van der Waals surface area contributed by atoms with Crippen molar-refractivity contribution in [3.05, 3.63) is 12.7 Å². The quantitative estimate of drug-likeness (QED) is 0.500. The minimum absolute atomic E-state index is 0.0195. The van der Waals surface area contributed by atoms with Crippen LogP contribution in [0.15, 0.2) is 12.7 Å². The maximum atomic E-state index is 11.1. The average molecular weight is 342 g/mol. The molecule has 0 saturated carbocycles. The molecule has 0 bridgehead atoms. The van der Waals surface area contributed by atoms with Crippen LogP contribution in [0.4, 0.5) is 0 Å². The highest BCUT2D eigenvalue weighted by molar-refractivity contribution is 5.86. The second kappa shape index (κ2) is 12.0. The van der Waals surface area contributed by atoms with E-state index in [2.05, 4.69) is 31.1 Å². The third-order valence-electron chi connectivity index (χ3n) is 3.30. The van der Waals surface area contributed by atoms with Crippen LogP contribution in [0.25, 0.3) is 0 Å². The standard InChI is InChI=1S/C18H34N2O4/c1-7-17(22)20-9-15(3)11-24-13-18(5,6)12-23-10-14(2)8-19-16(4)21/h7,14-15H,1,8-13H2,2-6H3,(H,19,21)(H,20,22). The summed E-state index contributed by atoms with van der Waals surface area (Å²) in [6.45, 7) is 16.7. The Balaban J connectivity index is 3.82. The molecule has 140 valence electrons. The Morgan fingerprint density at radius 2 is 1.50 bits per heavy atom. The van der Waals surface area contributed by atoms with Gasteiger partial charge in [0.1, 0.15) is 0 Å². The van der Waals surface area contributed by atoms with Crippen LogP contribution in [-0.2, 0) is 19.1 Å². The van der Waals surface area contributed by atoms with E-state index in [4.69, 9.17) is 9.47 Å². The Kier molecular flexibility index (Phi) is 11.3. The Morgan fingerprint density at radius 3 is 1.92 bits per heavy atom. The molecule has 0 rings (SSSR count). The molecule has 0 aliphatic carbocycles. The van der Waals surface area contributed by atoms with Gasteiger partial charge in [0.05, 0.1) is 26.4 Å². The molecular weight excluding hydrogens is 308 g/mol. The molecule has 6 nitrogen and oxygen atoms in total. The van der Waals surface area contributed by atoms with Gasteiger partial charge in [-0.3, -0.25) is 9.59 Å². The molecule has 2 atom stereocenters. The molecule has 24 heavy (non-hydrogen) atoms. The highest BCUT2D eigenvalue weighted by Crippen LogP contribution is 2.17. The Hall–Kier alpha value is -1.40. The molecule has 0 spiro atoms. The molecule has 0 aliphatic rings. The summed E-state index contributed by atoms with van der Waals surface area (Å²) in [5, 5.41) is 5.54. The zero-order chi connectivity index (χ0) is 18.6. The molecule has 0 aliphatic heterocycles. The fraction of sp³-hybridized carbons (Fsp3) is 0.778. The van der Waals surface area contributed by atoms with E-state index in [0.29, 0.717) is 39.5 Å². The van der Waals surface area contributed by atoms with Gasteiger partial charge >= 0.3 is 0 Å². The SMILES string of the molecule is C=CC(=O)NCC(C)COCC(C)(C)COCC(C)CNC(C)=O. The number of amides is 2. The minimum Gasteiger partial charge on any atom is -0.380 e. The predicted octanol–water partition coefficient (Wildman–Crippen LogP) is 1.76. The van der Waals surface area contributed by atoms with Crippen LogP contribution < -0.4 is 10.6 Å². The zero-order valence-corrected chi connectivity index (χ0v) is 15.8. The van der Waals surface area contributed by atoms with E-state index in [0.717, 1.165) is 0 Å². The molecule has 0 aromatic heterocycles. The highest BCUT2D eigenvalue weighted by Gasteiger charge is 2.19. The number of nitrogens with one attached hydrogen (secondary N) is 2. The lowest BCUT2D eigenvalue weighted by Crippen LogP contribution is -2.32. The van der Waals surface area contributed by atoms with Gasteiger partial charge in [-0.1, -0.05) is 34.3 Å². The van der Waals surface area contributed by atoms with Crippen molar-refractivity contribution in [3.8, 4) is 0 Å². The molecule has 0 fully saturated rings. The summed E-state index contributed by atoms with van der Waals surface area (Å²) in [6, 6.07) is 0. The van der Waals surface area contributed by atoms with E-state index in [-0.39, 0.29) is 29.1 Å². The van der Waals surface area contributed by atoms with E-state index in [1.807, 2.05) is 13.8 Å². The van der Waals surface area contributed by atoms with Gasteiger partial charge in [0.15, 0.2) is 0 Å². The Labute approximate surface area is 146 Å². The van der Waals surface area contributed by atoms with Crippen molar-refractivity contribution in [2.45, 2.75) is 34.6 Å². The second-order valence-corrected chi connectivity index (χ2v) is 7.29. The molecule has 6 heteroatoms. The fourth-order valence-electron chi connectivity index (χ4n) is 1.90. The largest absolute Gasteiger partial charge is 0.380 e. The molecule has 0 aromatic carbocycles. The van der Waals surface area contributed by atoms with E-state index >= 15 is 0 Å². The third-order valence-corrected chi connectivity index (χ3v) is 3.30. The first-order valence-corrected chi connectivity index (χ1v) is 8.46. The number of hydrogen-bond acceptors (Lipinski definition) is 4. The fourth-order valence-corrected chi connectivity index (χ4v) is 1.90. The molecule has 0 saturated heterocycles. The van der Waals surface area contributed by atoms with E-state index < -0.39 is 0 Å². The van der Waals surface area contributed by atoms with Crippen LogP contribution in [0.5, 0.6) is 0 Å². The van der Waals surface area contributed by atoms with Crippen molar-refractivity contribution in [3.63, 3.8) is 0 Å². The Bertz CT molecular complexity index is 396. The lowest BCUT2D eigenvalue weighted by molar-refractivity contribution is -0.119. The van der Waals surface area contributed by atoms with Crippen molar-refractivity contribution in [2.24, 2.45) is 17.3 Å². The van der Waals surface area contributed by atoms with Crippen molar-refractivity contribution < 1.29 is 19.1 Å². The van der Waals surface area contributed by atoms with Crippen LogP contribution >= 0.6 is 0 Å². The molecule has 0 radical (unpaired) electrons. The van der Waals surface area contributed by atoms with Crippen molar-refractivity contribution in [2.75, 3.05) is 39.5 Å². The number of hydrogen-bond donors (Lipinski definition) is 2. The minimum atomic E-state index is -0.163. The number of carbonyl (C=O) groups is 2. The van der Waals surface area contributed by atoms with Gasteiger partial charge in [0.25, 0.3) is 0 Å². The molecular formula is C18H34N2O4. The zero-order valence-electron chi connectivity index (χ0n) is 15.8. The lowest BCUT2D eigenvalue weighted by Gasteiger charge is -2.26. The van der Waals surface area contributed by atoms with Gasteiger partial charge in [-0.15, -0.1) is 0 Å². The van der Waals surface area contributed by atoms with Gasteiger partial charge in [-0.05, 0) is 17.9 Å². The van der Waals surface area contributed by atoms with Gasteiger partial charge in [-0.2, -0.15) is 0 Å². The van der Waals surface area contributed by atoms with Crippen LogP contribution in [-0.4, -0.2) is 51.3 Å². The van der Waals surface area contributed by atoms with Crippen LogP contribution in [0.2, 0.25) is 0 Å². The normalized spacial score (nSPS) is 13.9. The molecule has 2 unspecified atom stereocenters. The van der Waals surface area contributed by atoms with E-state index in [1.54, 1.807) is 0 Å². The Morgan fingerprint density at radius 1 is 1.04 bits per heavy atom. The monoisotopic (exact) mass is 342 g/mol. The van der Waals surface area contributed by atoms with Crippen LogP contribution in [0.1, 0.15) is 34.6 Å². The topological polar surface area (TPSA) is 76.7 Å². The molecule has 2 N–H and O–H groups in total. The highest BCUT2D eigenvalue weighted by atomic mass is 16.5. The summed E-state index contributed by atoms with van der Waals surface area (Å²) in [5.74, 6) is 0.334. The first-order chi connectivity index (χ1) is 11.2. The summed E-state index contributed by atoms with van der Waals surface area (Å²) in [5.41, 5.74) is -0.0855. The van der Waals surface area contributed by atoms with Crippen molar-refractivity contribution >= 4 is 11.8 Å². The number of carbonyl (C=O) groups excluding carboxylic acids is 2. The smallest absolute Gasteiger partial charge is 0.243 e. The third kappa shape index (κ3) is 13.1. The summed E-state index contributed by atoms with van der Waals surface area (Å²) >= 11 is 0. The number of ether oxygens (including phenoxy) is 2. The van der Waals surface area contributed by atoms with Crippen LogP contribution in [0.3, 0.4) is 0 Å². The van der Waals surface area contributed by atoms with Gasteiger partial charge in [-0.25, -0.2) is 0 Å². The maximum absolute atomic E-state index is 11.1. The second-order valence-electron chi connectivity index (χ2n) is 7.29. The van der Waals surface area contributed by atoms with E-state index in [9.17, 15) is 9.59 Å². The van der Waals surface area contributed by atoms with Gasteiger partial charge in [0, 0.05) is 25.4 Å². The first kappa shape index (κ1) is 22.6. The van der Waals surface area contributed by atoms with Crippen LogP contribution in [0, 0.1) is 17.3 Å². The lowest BCUT2D eigenvalue weighted by atomic mass is 9.96. The predicted molar refractivity (Wildman–Crippen MR) is 95.6 cm³/mol. The van der Waals surface area contributed by atoms with E-state index in [1.165, 1.54) is 13.0 Å². The first-order valence-electron chi connectivity index (χ1n) is 8.46. The van der Waals surface area contributed by atoms with Crippen molar-refractivity contribution in [1.82, 2.24) is 10.6 Å². The molecule has 2 amide bonds. The summed E-state index contributed by atoms with van der Waals surface area (Å²) in [4.78, 5) is 22.0. The maximum Gasteiger partial charge on any atom is 0.243 e. The van der Waals surface area contributed by atoms with Gasteiger partial charge < -0.3 is 20.1 Å². The van der Waals surface area contributed by atoms with Crippen molar-refractivity contribution in [1.29, 1.82) is 0 Å². The summed E-state index contributed by atoms with van der Waals surface area (Å²) in [6.07, 6.45) is 1.26. The molecule has 0 heterocycles. The number of rotatable bonds is 13.